The van der Waals surface area contributed by atoms with E-state index >= 15 is 0 Å². The summed E-state index contributed by atoms with van der Waals surface area (Å²) in [6.45, 7) is 8.99. The van der Waals surface area contributed by atoms with Crippen molar-refractivity contribution in [1.82, 2.24) is 25.1 Å². The monoisotopic (exact) mass is 498 g/mol. The molecule has 196 valence electrons. The minimum atomic E-state index is -0.296. The largest absolute Gasteiger partial charge is 0.491 e. The topological polar surface area (TPSA) is 109 Å². The molecule has 0 unspecified atom stereocenters. The lowest BCUT2D eigenvalue weighted by Gasteiger charge is -2.36. The molecule has 36 heavy (non-hydrogen) atoms. The van der Waals surface area contributed by atoms with E-state index in [1.54, 1.807) is 37.3 Å². The van der Waals surface area contributed by atoms with Crippen LogP contribution in [0, 0.1) is 5.92 Å². The predicted octanol–water partition coefficient (Wildman–Crippen LogP) is 3.01. The number of urea groups is 1. The first-order valence-electron chi connectivity index (χ1n) is 12.4. The molecule has 0 fully saturated rings. The number of nitrogens with zero attached hydrogens (tertiary/aromatic N) is 4. The fourth-order valence-electron chi connectivity index (χ4n) is 4.20. The summed E-state index contributed by atoms with van der Waals surface area (Å²) < 4.78 is 12.0. The summed E-state index contributed by atoms with van der Waals surface area (Å²) in [6, 6.07) is 4.85. The number of methoxy groups -OCH3 is 1. The maximum atomic E-state index is 13.3. The molecule has 3 rings (SSSR count). The van der Waals surface area contributed by atoms with E-state index in [1.165, 1.54) is 6.33 Å². The van der Waals surface area contributed by atoms with Crippen LogP contribution in [-0.4, -0.2) is 84.3 Å². The Morgan fingerprint density at radius 1 is 1.22 bits per heavy atom. The fourth-order valence-corrected chi connectivity index (χ4v) is 4.20. The molecule has 0 bridgehead atoms. The third-order valence-corrected chi connectivity index (χ3v) is 6.37. The highest BCUT2D eigenvalue weighted by atomic mass is 16.5. The van der Waals surface area contributed by atoms with Gasteiger partial charge in [-0.25, -0.2) is 14.8 Å². The molecular formula is C26H38N6O4. The van der Waals surface area contributed by atoms with Crippen LogP contribution in [0.15, 0.2) is 36.9 Å². The van der Waals surface area contributed by atoms with Crippen molar-refractivity contribution in [3.05, 3.63) is 48.0 Å². The first kappa shape index (κ1) is 27.3. The molecule has 0 aliphatic carbocycles. The van der Waals surface area contributed by atoms with Gasteiger partial charge in [0.25, 0.3) is 5.91 Å². The second-order valence-corrected chi connectivity index (χ2v) is 9.37. The van der Waals surface area contributed by atoms with Crippen molar-refractivity contribution in [3.63, 3.8) is 0 Å². The van der Waals surface area contributed by atoms with Crippen LogP contribution in [-0.2, 0) is 11.3 Å². The van der Waals surface area contributed by atoms with Gasteiger partial charge in [0.05, 0.1) is 11.7 Å². The Balaban J connectivity index is 1.90. The minimum absolute atomic E-state index is 0.0229. The van der Waals surface area contributed by atoms with Gasteiger partial charge in [-0.15, -0.1) is 0 Å². The number of aromatic nitrogens is 2. The lowest BCUT2D eigenvalue weighted by Crippen LogP contribution is -2.46. The van der Waals surface area contributed by atoms with E-state index in [9.17, 15) is 9.59 Å². The molecule has 1 aliphatic heterocycles. The number of carbonyl (C=O) groups excluding carboxylic acids is 2. The zero-order valence-corrected chi connectivity index (χ0v) is 21.9. The Morgan fingerprint density at radius 2 is 1.97 bits per heavy atom. The number of ether oxygens (including phenoxy) is 2. The second-order valence-electron chi connectivity index (χ2n) is 9.37. The van der Waals surface area contributed by atoms with Gasteiger partial charge in [-0.3, -0.25) is 9.69 Å². The molecule has 2 N–H and O–H groups in total. The molecule has 10 heteroatoms. The summed E-state index contributed by atoms with van der Waals surface area (Å²) in [7, 11) is 3.45. The van der Waals surface area contributed by atoms with Crippen molar-refractivity contribution < 1.29 is 19.1 Å². The number of carbonyl (C=O) groups is 2. The minimum Gasteiger partial charge on any atom is -0.491 e. The Hall–Kier alpha value is -3.24. The summed E-state index contributed by atoms with van der Waals surface area (Å²) in [6.07, 6.45) is 5.85. The number of anilines is 1. The third kappa shape index (κ3) is 7.38. The molecule has 1 aromatic heterocycles. The molecule has 0 spiro atoms. The number of hydrogen-bond acceptors (Lipinski definition) is 7. The van der Waals surface area contributed by atoms with Gasteiger partial charge in [0.1, 0.15) is 18.7 Å². The summed E-state index contributed by atoms with van der Waals surface area (Å²) in [4.78, 5) is 37.8. The van der Waals surface area contributed by atoms with Crippen LogP contribution in [0.4, 0.5) is 10.5 Å². The molecule has 1 aliphatic rings. The SMILES string of the molecule is CCCNC(=O)Nc1ccc2c(c1)OC[C@H](C)N(Cc1cncnc1)C[C@@H](C)[C@@H](OC)CN(C)C2=O. The smallest absolute Gasteiger partial charge is 0.319 e. The third-order valence-electron chi connectivity index (χ3n) is 6.37. The van der Waals surface area contributed by atoms with Crippen LogP contribution in [0.3, 0.4) is 0 Å². The Kier molecular flexibility index (Phi) is 10.0. The first-order valence-corrected chi connectivity index (χ1v) is 12.4. The van der Waals surface area contributed by atoms with Gasteiger partial charge >= 0.3 is 6.03 Å². The number of fused-ring (bicyclic) bond motifs is 1. The average Bonchev–Trinajstić information content (AvgIpc) is 2.88. The number of amides is 3. The summed E-state index contributed by atoms with van der Waals surface area (Å²) in [5.74, 6) is 0.426. The lowest BCUT2D eigenvalue weighted by atomic mass is 10.0. The molecule has 3 atom stereocenters. The Labute approximate surface area is 213 Å². The van der Waals surface area contributed by atoms with Crippen molar-refractivity contribution in [2.75, 3.05) is 45.7 Å². The molecule has 3 amide bonds. The van der Waals surface area contributed by atoms with E-state index in [0.29, 0.717) is 43.2 Å². The fraction of sp³-hybridized carbons (Fsp3) is 0.538. The Bertz CT molecular complexity index is 1010. The van der Waals surface area contributed by atoms with Crippen LogP contribution in [0.25, 0.3) is 0 Å². The van der Waals surface area contributed by atoms with Crippen LogP contribution >= 0.6 is 0 Å². The van der Waals surface area contributed by atoms with Gasteiger partial charge in [0, 0.05) is 76.1 Å². The molecule has 0 saturated heterocycles. The van der Waals surface area contributed by atoms with Gasteiger partial charge < -0.3 is 25.0 Å². The number of benzene rings is 1. The first-order chi connectivity index (χ1) is 17.3. The summed E-state index contributed by atoms with van der Waals surface area (Å²) >= 11 is 0. The van der Waals surface area contributed by atoms with Crippen molar-refractivity contribution in [2.45, 2.75) is 45.9 Å². The quantitative estimate of drug-likeness (QED) is 0.630. The van der Waals surface area contributed by atoms with Crippen molar-refractivity contribution in [3.8, 4) is 5.75 Å². The van der Waals surface area contributed by atoms with E-state index in [4.69, 9.17) is 9.47 Å². The highest BCUT2D eigenvalue weighted by Crippen LogP contribution is 2.27. The maximum Gasteiger partial charge on any atom is 0.319 e. The maximum absolute atomic E-state index is 13.3. The predicted molar refractivity (Wildman–Crippen MR) is 138 cm³/mol. The molecule has 2 heterocycles. The van der Waals surface area contributed by atoms with Crippen LogP contribution < -0.4 is 15.4 Å². The molecule has 10 nitrogen and oxygen atoms in total. The molecular weight excluding hydrogens is 460 g/mol. The number of nitrogens with one attached hydrogen (secondary N) is 2. The number of hydrogen-bond donors (Lipinski definition) is 2. The van der Waals surface area contributed by atoms with Gasteiger partial charge in [-0.1, -0.05) is 13.8 Å². The van der Waals surface area contributed by atoms with Crippen LogP contribution in [0.1, 0.15) is 43.1 Å². The summed E-state index contributed by atoms with van der Waals surface area (Å²) in [5, 5.41) is 5.60. The summed E-state index contributed by atoms with van der Waals surface area (Å²) in [5.41, 5.74) is 2.00. The van der Waals surface area contributed by atoms with Crippen molar-refractivity contribution in [1.29, 1.82) is 0 Å². The number of likely N-dealkylation sites (N-methyl/N-ethyl adjacent to an activating group) is 1. The van der Waals surface area contributed by atoms with E-state index in [1.807, 2.05) is 19.3 Å². The van der Waals surface area contributed by atoms with Crippen molar-refractivity contribution >= 4 is 17.6 Å². The highest BCUT2D eigenvalue weighted by molar-refractivity contribution is 5.98. The molecule has 1 aromatic carbocycles. The van der Waals surface area contributed by atoms with Gasteiger partial charge in [-0.05, 0) is 31.4 Å². The zero-order chi connectivity index (χ0) is 26.1. The van der Waals surface area contributed by atoms with Gasteiger partial charge in [0.15, 0.2) is 0 Å². The average molecular weight is 499 g/mol. The molecule has 0 saturated carbocycles. The van der Waals surface area contributed by atoms with E-state index in [0.717, 1.165) is 18.5 Å². The van der Waals surface area contributed by atoms with Crippen LogP contribution in [0.5, 0.6) is 5.75 Å². The van der Waals surface area contributed by atoms with Gasteiger partial charge in [-0.2, -0.15) is 0 Å². The molecule has 2 aromatic rings. The van der Waals surface area contributed by atoms with Crippen molar-refractivity contribution in [2.24, 2.45) is 5.92 Å². The zero-order valence-electron chi connectivity index (χ0n) is 21.9. The lowest BCUT2D eigenvalue weighted by molar-refractivity contribution is 0.00918. The van der Waals surface area contributed by atoms with E-state index < -0.39 is 0 Å². The second kappa shape index (κ2) is 13.2. The van der Waals surface area contributed by atoms with E-state index in [2.05, 4.69) is 39.3 Å². The molecule has 0 radical (unpaired) electrons. The van der Waals surface area contributed by atoms with Gasteiger partial charge in [0.2, 0.25) is 0 Å². The highest BCUT2D eigenvalue weighted by Gasteiger charge is 2.28. The number of rotatable bonds is 6. The standard InChI is InChI=1S/C26H38N6O4/c1-6-9-29-26(34)30-21-7-8-22-23(10-21)36-16-19(3)32(14-20-11-27-17-28-12-20)13-18(2)24(35-5)15-31(4)25(22)33/h7-8,10-12,17-19,24H,6,9,13-16H2,1-5H3,(H2,29,30,34)/t18-,19+,24+/m1/s1. The van der Waals surface area contributed by atoms with Crippen LogP contribution in [0.2, 0.25) is 0 Å². The van der Waals surface area contributed by atoms with E-state index in [-0.39, 0.29) is 30.0 Å². The Morgan fingerprint density at radius 3 is 2.67 bits per heavy atom. The normalized spacial score (nSPS) is 21.5.